The van der Waals surface area contributed by atoms with E-state index in [1.165, 1.54) is 4.31 Å². The highest BCUT2D eigenvalue weighted by Gasteiger charge is 2.38. The second-order valence-corrected chi connectivity index (χ2v) is 9.53. The molecule has 0 saturated carbocycles. The highest BCUT2D eigenvalue weighted by Crippen LogP contribution is 2.37. The van der Waals surface area contributed by atoms with Gasteiger partial charge in [0.2, 0.25) is 10.0 Å². The van der Waals surface area contributed by atoms with E-state index in [-0.39, 0.29) is 18.2 Å². The summed E-state index contributed by atoms with van der Waals surface area (Å²) in [6, 6.07) is 14.8. The fraction of sp³-hybridized carbons (Fsp3) is 0.409. The number of anilines is 1. The van der Waals surface area contributed by atoms with Crippen LogP contribution in [0.15, 0.2) is 53.4 Å². The number of aryl methyl sites for hydroxylation is 1. The monoisotopic (exact) mass is 414 g/mol. The number of carbonyl (C=O) groups is 1. The molecule has 2 heterocycles. The number of cyclic esters (lactones) is 1. The summed E-state index contributed by atoms with van der Waals surface area (Å²) in [7, 11) is -3.53. The Labute approximate surface area is 172 Å². The van der Waals surface area contributed by atoms with Crippen molar-refractivity contribution in [3.05, 3.63) is 59.7 Å². The zero-order chi connectivity index (χ0) is 20.6. The molecule has 1 unspecified atom stereocenters. The van der Waals surface area contributed by atoms with Gasteiger partial charge in [-0.05, 0) is 49.9 Å². The van der Waals surface area contributed by atoms with Gasteiger partial charge in [0.05, 0.1) is 10.6 Å². The summed E-state index contributed by atoms with van der Waals surface area (Å²) < 4.78 is 33.0. The molecule has 2 aliphatic heterocycles. The summed E-state index contributed by atoms with van der Waals surface area (Å²) in [5.74, 6) is 0. The van der Waals surface area contributed by atoms with Crippen LogP contribution in [0.3, 0.4) is 0 Å². The molecule has 6 nitrogen and oxygen atoms in total. The molecule has 1 amide bonds. The number of fused-ring (bicyclic) bond motifs is 1. The predicted molar refractivity (Wildman–Crippen MR) is 111 cm³/mol. The van der Waals surface area contributed by atoms with Gasteiger partial charge in [0, 0.05) is 24.7 Å². The van der Waals surface area contributed by atoms with Crippen molar-refractivity contribution >= 4 is 21.8 Å². The topological polar surface area (TPSA) is 66.9 Å². The maximum Gasteiger partial charge on any atom is 0.415 e. The van der Waals surface area contributed by atoms with Crippen molar-refractivity contribution in [2.24, 2.45) is 0 Å². The largest absolute Gasteiger partial charge is 0.441 e. The number of carbonyl (C=O) groups excluding carboxylic acids is 1. The average molecular weight is 415 g/mol. The molecular formula is C22H26N2O4S. The second-order valence-electron chi connectivity index (χ2n) is 7.59. The first-order chi connectivity index (χ1) is 13.9. The summed E-state index contributed by atoms with van der Waals surface area (Å²) in [5.41, 5.74) is 2.96. The summed E-state index contributed by atoms with van der Waals surface area (Å²) in [5, 5.41) is 0. The van der Waals surface area contributed by atoms with Crippen LogP contribution in [0.5, 0.6) is 0 Å². The minimum Gasteiger partial charge on any atom is -0.441 e. The Morgan fingerprint density at radius 1 is 1.03 bits per heavy atom. The lowest BCUT2D eigenvalue weighted by atomic mass is 10.00. The van der Waals surface area contributed by atoms with Crippen molar-refractivity contribution < 1.29 is 17.9 Å². The van der Waals surface area contributed by atoms with Crippen molar-refractivity contribution in [3.63, 3.8) is 0 Å². The first-order valence-electron chi connectivity index (χ1n) is 10.1. The van der Waals surface area contributed by atoms with Crippen molar-refractivity contribution in [1.29, 1.82) is 0 Å². The Kier molecular flexibility index (Phi) is 5.36. The highest BCUT2D eigenvalue weighted by molar-refractivity contribution is 7.89. The van der Waals surface area contributed by atoms with E-state index in [4.69, 9.17) is 4.74 Å². The van der Waals surface area contributed by atoms with Gasteiger partial charge in [-0.15, -0.1) is 0 Å². The normalized spacial score (nSPS) is 21.0. The molecule has 29 heavy (non-hydrogen) atoms. The standard InChI is InChI=1S/C22H26N2O4S/c1-3-17-8-10-19(11-9-17)29(26,27)23-14-12-18(13-15-23)24-21-7-5-4-6-20(21)16(2)28-22(24)25/h4-11,16,18H,3,12-15H2,1-2H3. The molecule has 154 valence electrons. The summed E-state index contributed by atoms with van der Waals surface area (Å²) in [4.78, 5) is 14.6. The van der Waals surface area contributed by atoms with E-state index in [0.717, 1.165) is 23.2 Å². The van der Waals surface area contributed by atoms with E-state index in [1.807, 2.05) is 50.2 Å². The third kappa shape index (κ3) is 3.65. The summed E-state index contributed by atoms with van der Waals surface area (Å²) >= 11 is 0. The van der Waals surface area contributed by atoms with Gasteiger partial charge in [-0.2, -0.15) is 4.31 Å². The molecule has 1 atom stereocenters. The van der Waals surface area contributed by atoms with Gasteiger partial charge in [0.15, 0.2) is 0 Å². The zero-order valence-electron chi connectivity index (χ0n) is 16.7. The lowest BCUT2D eigenvalue weighted by molar-refractivity contribution is 0.103. The number of benzene rings is 2. The number of hydrogen-bond acceptors (Lipinski definition) is 4. The molecule has 2 aromatic rings. The fourth-order valence-corrected chi connectivity index (χ4v) is 5.62. The molecule has 1 saturated heterocycles. The van der Waals surface area contributed by atoms with Crippen LogP contribution < -0.4 is 4.90 Å². The Bertz CT molecular complexity index is 996. The fourth-order valence-electron chi connectivity index (χ4n) is 4.15. The van der Waals surface area contributed by atoms with Crippen molar-refractivity contribution in [1.82, 2.24) is 4.31 Å². The van der Waals surface area contributed by atoms with Crippen LogP contribution in [0.4, 0.5) is 10.5 Å². The number of ether oxygens (including phenoxy) is 1. The van der Waals surface area contributed by atoms with Gasteiger partial charge in [-0.25, -0.2) is 13.2 Å². The van der Waals surface area contributed by atoms with E-state index in [0.29, 0.717) is 30.8 Å². The van der Waals surface area contributed by atoms with Crippen LogP contribution in [0.2, 0.25) is 0 Å². The van der Waals surface area contributed by atoms with Crippen molar-refractivity contribution in [2.75, 3.05) is 18.0 Å². The molecule has 0 radical (unpaired) electrons. The molecule has 2 aliphatic rings. The van der Waals surface area contributed by atoms with Crippen LogP contribution in [-0.2, 0) is 21.2 Å². The van der Waals surface area contributed by atoms with Crippen LogP contribution in [0.25, 0.3) is 0 Å². The quantitative estimate of drug-likeness (QED) is 0.755. The van der Waals surface area contributed by atoms with Crippen molar-refractivity contribution in [2.45, 2.75) is 50.2 Å². The highest BCUT2D eigenvalue weighted by atomic mass is 32.2. The van der Waals surface area contributed by atoms with Crippen LogP contribution in [0.1, 0.15) is 43.9 Å². The molecule has 7 heteroatoms. The maximum absolute atomic E-state index is 13.0. The molecule has 0 aromatic heterocycles. The lowest BCUT2D eigenvalue weighted by Crippen LogP contribution is -2.50. The minimum absolute atomic E-state index is 0.0786. The van der Waals surface area contributed by atoms with Gasteiger partial charge in [-0.3, -0.25) is 4.90 Å². The third-order valence-electron chi connectivity index (χ3n) is 5.87. The van der Waals surface area contributed by atoms with Gasteiger partial charge < -0.3 is 4.74 Å². The number of para-hydroxylation sites is 1. The molecule has 2 aromatic carbocycles. The number of amides is 1. The smallest absolute Gasteiger partial charge is 0.415 e. The van der Waals surface area contributed by atoms with Crippen LogP contribution >= 0.6 is 0 Å². The Hall–Kier alpha value is -2.38. The number of hydrogen-bond donors (Lipinski definition) is 0. The van der Waals surface area contributed by atoms with E-state index in [9.17, 15) is 13.2 Å². The zero-order valence-corrected chi connectivity index (χ0v) is 17.6. The molecule has 0 aliphatic carbocycles. The minimum atomic E-state index is -3.53. The van der Waals surface area contributed by atoms with Gasteiger partial charge in [0.1, 0.15) is 6.10 Å². The van der Waals surface area contributed by atoms with E-state index in [2.05, 4.69) is 0 Å². The van der Waals surface area contributed by atoms with Gasteiger partial charge in [-0.1, -0.05) is 37.3 Å². The summed E-state index contributed by atoms with van der Waals surface area (Å²) in [6.45, 7) is 4.67. The SMILES string of the molecule is CCc1ccc(S(=O)(=O)N2CCC(N3C(=O)OC(C)c4ccccc43)CC2)cc1. The molecule has 0 spiro atoms. The molecule has 1 fully saturated rings. The Balaban J connectivity index is 1.51. The maximum atomic E-state index is 13.0. The third-order valence-corrected chi connectivity index (χ3v) is 7.78. The lowest BCUT2D eigenvalue weighted by Gasteiger charge is -2.41. The summed E-state index contributed by atoms with van der Waals surface area (Å²) in [6.07, 6.45) is 1.39. The molecule has 0 N–H and O–H groups in total. The van der Waals surface area contributed by atoms with Crippen molar-refractivity contribution in [3.8, 4) is 0 Å². The van der Waals surface area contributed by atoms with E-state index >= 15 is 0 Å². The molecule has 4 rings (SSSR count). The van der Waals surface area contributed by atoms with Crippen LogP contribution in [-0.4, -0.2) is 37.9 Å². The molecular weight excluding hydrogens is 388 g/mol. The van der Waals surface area contributed by atoms with Gasteiger partial charge >= 0.3 is 6.09 Å². The second kappa shape index (κ2) is 7.80. The Morgan fingerprint density at radius 3 is 2.34 bits per heavy atom. The van der Waals surface area contributed by atoms with Crippen LogP contribution in [0, 0.1) is 0 Å². The number of rotatable bonds is 4. The average Bonchev–Trinajstić information content (AvgIpc) is 2.74. The first kappa shape index (κ1) is 19.9. The number of piperidine rings is 1. The first-order valence-corrected chi connectivity index (χ1v) is 11.5. The number of sulfonamides is 1. The van der Waals surface area contributed by atoms with E-state index in [1.54, 1.807) is 17.0 Å². The van der Waals surface area contributed by atoms with E-state index < -0.39 is 10.0 Å². The number of nitrogens with zero attached hydrogens (tertiary/aromatic N) is 2. The predicted octanol–water partition coefficient (Wildman–Crippen LogP) is 4.12. The molecule has 0 bridgehead atoms. The van der Waals surface area contributed by atoms with Gasteiger partial charge in [0.25, 0.3) is 0 Å². The Morgan fingerprint density at radius 2 is 1.69 bits per heavy atom.